The summed E-state index contributed by atoms with van der Waals surface area (Å²) in [7, 11) is 0. The summed E-state index contributed by atoms with van der Waals surface area (Å²) < 4.78 is 0. The number of carbonyl (C=O) groups is 1. The van der Waals surface area contributed by atoms with Crippen LogP contribution in [0, 0.1) is 12.8 Å². The maximum Gasteiger partial charge on any atom is 0.225 e. The SMILES string of the molecule is CCC(CO)C(=O)NCc1ccc(C)cc1. The molecule has 1 aromatic rings. The molecule has 0 saturated heterocycles. The van der Waals surface area contributed by atoms with E-state index in [1.54, 1.807) is 0 Å². The largest absolute Gasteiger partial charge is 0.396 e. The standard InChI is InChI=1S/C13H19NO2/c1-3-12(9-15)13(16)14-8-11-6-4-10(2)5-7-11/h4-7,12,15H,3,8-9H2,1-2H3,(H,14,16). The van der Waals surface area contributed by atoms with Crippen LogP contribution in [0.1, 0.15) is 24.5 Å². The Hall–Kier alpha value is -1.35. The van der Waals surface area contributed by atoms with Gasteiger partial charge < -0.3 is 10.4 Å². The molecule has 16 heavy (non-hydrogen) atoms. The highest BCUT2D eigenvalue weighted by atomic mass is 16.3. The molecular weight excluding hydrogens is 202 g/mol. The van der Waals surface area contributed by atoms with Crippen molar-refractivity contribution in [1.82, 2.24) is 5.32 Å². The Bertz CT molecular complexity index is 328. The number of carbonyl (C=O) groups excluding carboxylic acids is 1. The van der Waals surface area contributed by atoms with Crippen molar-refractivity contribution in [2.75, 3.05) is 6.61 Å². The summed E-state index contributed by atoms with van der Waals surface area (Å²) in [6.07, 6.45) is 0.663. The number of amides is 1. The van der Waals surface area contributed by atoms with Gasteiger partial charge in [0.2, 0.25) is 5.91 Å². The summed E-state index contributed by atoms with van der Waals surface area (Å²) >= 11 is 0. The summed E-state index contributed by atoms with van der Waals surface area (Å²) in [5, 5.41) is 11.8. The van der Waals surface area contributed by atoms with Crippen molar-refractivity contribution in [3.05, 3.63) is 35.4 Å². The number of aliphatic hydroxyl groups excluding tert-OH is 1. The van der Waals surface area contributed by atoms with Crippen molar-refractivity contribution in [3.63, 3.8) is 0 Å². The molecule has 0 heterocycles. The summed E-state index contributed by atoms with van der Waals surface area (Å²) in [6.45, 7) is 4.36. The van der Waals surface area contributed by atoms with Crippen LogP contribution in [0.25, 0.3) is 0 Å². The van der Waals surface area contributed by atoms with Crippen LogP contribution in [0.15, 0.2) is 24.3 Å². The van der Waals surface area contributed by atoms with E-state index in [0.717, 1.165) is 5.56 Å². The number of rotatable bonds is 5. The molecule has 1 rings (SSSR count). The smallest absolute Gasteiger partial charge is 0.225 e. The van der Waals surface area contributed by atoms with Gasteiger partial charge in [0.05, 0.1) is 12.5 Å². The third-order valence-electron chi connectivity index (χ3n) is 2.67. The van der Waals surface area contributed by atoms with Crippen LogP contribution >= 0.6 is 0 Å². The van der Waals surface area contributed by atoms with Gasteiger partial charge in [-0.1, -0.05) is 36.8 Å². The Balaban J connectivity index is 2.45. The van der Waals surface area contributed by atoms with Gasteiger partial charge in [-0.15, -0.1) is 0 Å². The number of aryl methyl sites for hydroxylation is 1. The number of hydrogen-bond donors (Lipinski definition) is 2. The van der Waals surface area contributed by atoms with Crippen molar-refractivity contribution in [2.45, 2.75) is 26.8 Å². The number of aliphatic hydroxyl groups is 1. The van der Waals surface area contributed by atoms with Gasteiger partial charge in [-0.05, 0) is 18.9 Å². The van der Waals surface area contributed by atoms with Crippen LogP contribution in [0.4, 0.5) is 0 Å². The van der Waals surface area contributed by atoms with E-state index >= 15 is 0 Å². The maximum absolute atomic E-state index is 11.6. The van der Waals surface area contributed by atoms with Crippen LogP contribution in [-0.4, -0.2) is 17.6 Å². The van der Waals surface area contributed by atoms with E-state index in [4.69, 9.17) is 5.11 Å². The van der Waals surface area contributed by atoms with E-state index in [2.05, 4.69) is 5.32 Å². The summed E-state index contributed by atoms with van der Waals surface area (Å²) in [4.78, 5) is 11.6. The molecule has 0 spiro atoms. The average molecular weight is 221 g/mol. The molecule has 88 valence electrons. The molecule has 0 bridgehead atoms. The molecule has 0 aliphatic heterocycles. The predicted molar refractivity (Wildman–Crippen MR) is 63.9 cm³/mol. The van der Waals surface area contributed by atoms with Crippen LogP contribution < -0.4 is 5.32 Å². The van der Waals surface area contributed by atoms with E-state index in [0.29, 0.717) is 13.0 Å². The second-order valence-corrected chi connectivity index (χ2v) is 3.99. The Labute approximate surface area is 96.5 Å². The average Bonchev–Trinajstić information content (AvgIpc) is 2.30. The van der Waals surface area contributed by atoms with Crippen molar-refractivity contribution in [1.29, 1.82) is 0 Å². The highest BCUT2D eigenvalue weighted by molar-refractivity contribution is 5.78. The van der Waals surface area contributed by atoms with Crippen molar-refractivity contribution in [2.24, 2.45) is 5.92 Å². The van der Waals surface area contributed by atoms with Gasteiger partial charge in [-0.3, -0.25) is 4.79 Å². The zero-order valence-electron chi connectivity index (χ0n) is 9.86. The highest BCUT2D eigenvalue weighted by Crippen LogP contribution is 2.04. The normalized spacial score (nSPS) is 12.2. The molecule has 3 nitrogen and oxygen atoms in total. The molecule has 0 aliphatic carbocycles. The number of benzene rings is 1. The van der Waals surface area contributed by atoms with E-state index in [9.17, 15) is 4.79 Å². The van der Waals surface area contributed by atoms with Crippen molar-refractivity contribution in [3.8, 4) is 0 Å². The van der Waals surface area contributed by atoms with Crippen LogP contribution in [0.3, 0.4) is 0 Å². The van der Waals surface area contributed by atoms with Crippen molar-refractivity contribution >= 4 is 5.91 Å². The third kappa shape index (κ3) is 3.66. The topological polar surface area (TPSA) is 49.3 Å². The number of nitrogens with one attached hydrogen (secondary N) is 1. The predicted octanol–water partition coefficient (Wildman–Crippen LogP) is 1.63. The van der Waals surface area contributed by atoms with Gasteiger partial charge in [-0.2, -0.15) is 0 Å². The third-order valence-corrected chi connectivity index (χ3v) is 2.67. The Morgan fingerprint density at radius 3 is 2.50 bits per heavy atom. The summed E-state index contributed by atoms with van der Waals surface area (Å²) in [6, 6.07) is 8.03. The fourth-order valence-electron chi connectivity index (χ4n) is 1.44. The van der Waals surface area contributed by atoms with Gasteiger partial charge in [0.15, 0.2) is 0 Å². The van der Waals surface area contributed by atoms with Gasteiger partial charge in [0, 0.05) is 6.54 Å². The maximum atomic E-state index is 11.6. The molecule has 0 saturated carbocycles. The first-order valence-electron chi connectivity index (χ1n) is 5.61. The lowest BCUT2D eigenvalue weighted by Gasteiger charge is -2.12. The molecule has 2 N–H and O–H groups in total. The molecule has 0 aliphatic rings. The Kier molecular flexibility index (Phi) is 4.99. The van der Waals surface area contributed by atoms with Crippen molar-refractivity contribution < 1.29 is 9.90 Å². The fraction of sp³-hybridized carbons (Fsp3) is 0.462. The first kappa shape index (κ1) is 12.7. The van der Waals surface area contributed by atoms with Crippen LogP contribution in [-0.2, 0) is 11.3 Å². The highest BCUT2D eigenvalue weighted by Gasteiger charge is 2.14. The first-order chi connectivity index (χ1) is 7.67. The Morgan fingerprint density at radius 1 is 1.38 bits per heavy atom. The van der Waals surface area contributed by atoms with Gasteiger partial charge in [-0.25, -0.2) is 0 Å². The minimum atomic E-state index is -0.287. The van der Waals surface area contributed by atoms with Crippen LogP contribution in [0.5, 0.6) is 0 Å². The molecule has 0 radical (unpaired) electrons. The monoisotopic (exact) mass is 221 g/mol. The minimum Gasteiger partial charge on any atom is -0.396 e. The zero-order valence-corrected chi connectivity index (χ0v) is 9.86. The molecule has 1 atom stereocenters. The van der Waals surface area contributed by atoms with Gasteiger partial charge >= 0.3 is 0 Å². The van der Waals surface area contributed by atoms with E-state index in [-0.39, 0.29) is 18.4 Å². The first-order valence-corrected chi connectivity index (χ1v) is 5.61. The molecule has 1 amide bonds. The lowest BCUT2D eigenvalue weighted by atomic mass is 10.1. The Morgan fingerprint density at radius 2 is 2.00 bits per heavy atom. The molecular formula is C13H19NO2. The fourth-order valence-corrected chi connectivity index (χ4v) is 1.44. The zero-order chi connectivity index (χ0) is 12.0. The second kappa shape index (κ2) is 6.28. The second-order valence-electron chi connectivity index (χ2n) is 3.99. The van der Waals surface area contributed by atoms with Crippen LogP contribution in [0.2, 0.25) is 0 Å². The lowest BCUT2D eigenvalue weighted by molar-refractivity contribution is -0.126. The van der Waals surface area contributed by atoms with E-state index in [1.165, 1.54) is 5.56 Å². The van der Waals surface area contributed by atoms with Gasteiger partial charge in [0.1, 0.15) is 0 Å². The molecule has 3 heteroatoms. The molecule has 0 fully saturated rings. The summed E-state index contributed by atoms with van der Waals surface area (Å²) in [5.41, 5.74) is 2.28. The minimum absolute atomic E-state index is 0.0782. The summed E-state index contributed by atoms with van der Waals surface area (Å²) in [5.74, 6) is -0.365. The van der Waals surface area contributed by atoms with E-state index in [1.807, 2.05) is 38.1 Å². The quantitative estimate of drug-likeness (QED) is 0.794. The van der Waals surface area contributed by atoms with E-state index < -0.39 is 0 Å². The molecule has 0 aromatic heterocycles. The molecule has 1 unspecified atom stereocenters. The lowest BCUT2D eigenvalue weighted by Crippen LogP contribution is -2.31. The van der Waals surface area contributed by atoms with Gasteiger partial charge in [0.25, 0.3) is 0 Å². The molecule has 1 aromatic carbocycles. The number of hydrogen-bond acceptors (Lipinski definition) is 2.